The number of para-hydroxylation sites is 1. The Balaban J connectivity index is 0.00000320. The van der Waals surface area contributed by atoms with Crippen LogP contribution in [0.15, 0.2) is 146 Å². The molecule has 5 aromatic rings. The van der Waals surface area contributed by atoms with Crippen molar-refractivity contribution in [1.82, 2.24) is 0 Å². The Labute approximate surface area is 230 Å². The number of carbonyl (C=O) groups excluding carboxylic acids is 1. The Morgan fingerprint density at radius 2 is 0.946 bits per heavy atom. The molecule has 0 spiro atoms. The predicted molar refractivity (Wildman–Crippen MR) is 152 cm³/mol. The molecule has 0 atom stereocenters. The number of hydrogen-bond acceptors (Lipinski definition) is 2. The van der Waals surface area contributed by atoms with Gasteiger partial charge in [0.2, 0.25) is 0 Å². The lowest BCUT2D eigenvalue weighted by Crippen LogP contribution is -3.00. The van der Waals surface area contributed by atoms with Crippen molar-refractivity contribution in [2.24, 2.45) is 0 Å². The fraction of sp³-hybridized carbons (Fsp3) is 0.0606. The van der Waals surface area contributed by atoms with E-state index in [0.717, 1.165) is 17.5 Å². The molecule has 0 aliphatic heterocycles. The Hall–Kier alpha value is -3.52. The fourth-order valence-electron chi connectivity index (χ4n) is 4.65. The monoisotopic (exact) mass is 566 g/mol. The van der Waals surface area contributed by atoms with Crippen molar-refractivity contribution < 1.29 is 26.5 Å². The largest absolute Gasteiger partial charge is 1.00 e. The van der Waals surface area contributed by atoms with Crippen molar-refractivity contribution in [1.29, 1.82) is 0 Å². The first-order chi connectivity index (χ1) is 17.8. The maximum atomic E-state index is 12.8. The van der Waals surface area contributed by atoms with Crippen LogP contribution in [0.25, 0.3) is 0 Å². The maximum absolute atomic E-state index is 12.8. The molecule has 0 fully saturated rings. The molecule has 0 bridgehead atoms. The zero-order valence-electron chi connectivity index (χ0n) is 20.4. The van der Waals surface area contributed by atoms with E-state index in [1.54, 1.807) is 0 Å². The van der Waals surface area contributed by atoms with Crippen LogP contribution in [0.4, 0.5) is 0 Å². The second-order valence-corrected chi connectivity index (χ2v) is 12.1. The molecule has 0 amide bonds. The Morgan fingerprint density at radius 1 is 0.541 bits per heavy atom. The minimum absolute atomic E-state index is 0. The third-order valence-electron chi connectivity index (χ3n) is 6.43. The van der Waals surface area contributed by atoms with Crippen LogP contribution in [-0.2, 0) is 6.16 Å². The second-order valence-electron chi connectivity index (χ2n) is 8.66. The zero-order chi connectivity index (χ0) is 24.6. The summed E-state index contributed by atoms with van der Waals surface area (Å²) in [7, 11) is -2.07. The van der Waals surface area contributed by atoms with E-state index in [4.69, 9.17) is 4.74 Å². The first-order valence-electron chi connectivity index (χ1n) is 12.1. The van der Waals surface area contributed by atoms with Crippen molar-refractivity contribution in [3.63, 3.8) is 0 Å². The van der Waals surface area contributed by atoms with Crippen LogP contribution in [0.2, 0.25) is 0 Å². The molecular weight excluding hydrogens is 539 g/mol. The molecule has 0 saturated heterocycles. The normalized spacial score (nSPS) is 10.8. The minimum atomic E-state index is -2.07. The lowest BCUT2D eigenvalue weighted by Gasteiger charge is -2.28. The van der Waals surface area contributed by atoms with Gasteiger partial charge in [0.15, 0.2) is 12.4 Å². The first kappa shape index (κ1) is 26.5. The SMILES string of the molecule is O=C(COc1ccccc1C[P+](c1ccccc1)(c1ccccc1)c1ccccc1)c1ccccc1.[Br-]. The van der Waals surface area contributed by atoms with Gasteiger partial charge in [0.1, 0.15) is 35.1 Å². The zero-order valence-corrected chi connectivity index (χ0v) is 22.9. The van der Waals surface area contributed by atoms with E-state index in [2.05, 4.69) is 103 Å². The summed E-state index contributed by atoms with van der Waals surface area (Å²) < 4.78 is 6.18. The summed E-state index contributed by atoms with van der Waals surface area (Å²) in [6.07, 6.45) is 0.792. The van der Waals surface area contributed by atoms with Gasteiger partial charge in [0.25, 0.3) is 0 Å². The molecule has 0 heterocycles. The maximum Gasteiger partial charge on any atom is 0.200 e. The van der Waals surface area contributed by atoms with E-state index in [0.29, 0.717) is 5.56 Å². The molecule has 0 unspecified atom stereocenters. The Morgan fingerprint density at radius 3 is 1.43 bits per heavy atom. The molecule has 5 aromatic carbocycles. The molecule has 184 valence electrons. The van der Waals surface area contributed by atoms with Gasteiger partial charge in [0.05, 0.1) is 0 Å². The number of ether oxygens (including phenoxy) is 1. The van der Waals surface area contributed by atoms with Gasteiger partial charge in [-0.25, -0.2) is 0 Å². The molecule has 0 aliphatic rings. The van der Waals surface area contributed by atoms with Gasteiger partial charge in [-0.1, -0.05) is 103 Å². The molecule has 0 radical (unpaired) electrons. The number of Topliss-reactive ketones (excluding diaryl/α,β-unsaturated/α-hetero) is 1. The molecule has 0 aliphatic carbocycles. The molecule has 0 N–H and O–H groups in total. The van der Waals surface area contributed by atoms with E-state index in [-0.39, 0.29) is 29.4 Å². The molecule has 37 heavy (non-hydrogen) atoms. The molecule has 0 saturated carbocycles. The van der Waals surface area contributed by atoms with Crippen LogP contribution < -0.4 is 37.6 Å². The van der Waals surface area contributed by atoms with Crippen LogP contribution in [0.5, 0.6) is 5.75 Å². The fourth-order valence-corrected chi connectivity index (χ4v) is 8.91. The first-order valence-corrected chi connectivity index (χ1v) is 14.1. The molecule has 2 nitrogen and oxygen atoms in total. The lowest BCUT2D eigenvalue weighted by atomic mass is 10.1. The average Bonchev–Trinajstić information content (AvgIpc) is 2.97. The molecule has 5 rings (SSSR count). The van der Waals surface area contributed by atoms with Crippen molar-refractivity contribution >= 4 is 29.0 Å². The summed E-state index contributed by atoms with van der Waals surface area (Å²) in [5.41, 5.74) is 1.76. The van der Waals surface area contributed by atoms with Crippen molar-refractivity contribution in [2.75, 3.05) is 6.61 Å². The number of carbonyl (C=O) groups is 1. The summed E-state index contributed by atoms with van der Waals surface area (Å²) >= 11 is 0. The number of rotatable bonds is 9. The van der Waals surface area contributed by atoms with E-state index in [9.17, 15) is 4.79 Å². The van der Waals surface area contributed by atoms with Crippen LogP contribution in [-0.4, -0.2) is 12.4 Å². The topological polar surface area (TPSA) is 26.3 Å². The second kappa shape index (κ2) is 12.6. The minimum Gasteiger partial charge on any atom is -1.00 e. The summed E-state index contributed by atoms with van der Waals surface area (Å²) in [6.45, 7) is 0.00841. The highest BCUT2D eigenvalue weighted by atomic mass is 79.9. The van der Waals surface area contributed by atoms with Crippen molar-refractivity contribution in [3.8, 4) is 5.75 Å². The third-order valence-corrected chi connectivity index (χ3v) is 10.8. The van der Waals surface area contributed by atoms with Gasteiger partial charge in [-0.05, 0) is 42.5 Å². The summed E-state index contributed by atoms with van der Waals surface area (Å²) in [4.78, 5) is 12.8. The van der Waals surface area contributed by atoms with Gasteiger partial charge in [-0.3, -0.25) is 4.79 Å². The smallest absolute Gasteiger partial charge is 0.200 e. The average molecular weight is 567 g/mol. The number of benzene rings is 5. The Bertz CT molecular complexity index is 1310. The van der Waals surface area contributed by atoms with E-state index in [1.165, 1.54) is 15.9 Å². The van der Waals surface area contributed by atoms with Gasteiger partial charge in [-0.15, -0.1) is 0 Å². The van der Waals surface area contributed by atoms with Crippen LogP contribution in [0.1, 0.15) is 15.9 Å². The highest BCUT2D eigenvalue weighted by Gasteiger charge is 2.45. The molecular formula is C33H28BrO2P. The van der Waals surface area contributed by atoms with Gasteiger partial charge in [-0.2, -0.15) is 0 Å². The molecule has 4 heteroatoms. The standard InChI is InChI=1S/C33H28O2P.BrH/c34-32(27-15-5-1-6-16-27)25-35-33-24-14-13-17-28(33)26-36(29-18-7-2-8-19-29,30-20-9-3-10-21-30)31-22-11-4-12-23-31;/h1-24H,25-26H2;1H/q+1;/p-1. The van der Waals surface area contributed by atoms with E-state index >= 15 is 0 Å². The number of hydrogen-bond donors (Lipinski definition) is 0. The predicted octanol–water partition coefficient (Wildman–Crippen LogP) is 3.45. The lowest BCUT2D eigenvalue weighted by molar-refractivity contribution is -0.0000146. The highest BCUT2D eigenvalue weighted by molar-refractivity contribution is 7.95. The van der Waals surface area contributed by atoms with Crippen molar-refractivity contribution in [2.45, 2.75) is 6.16 Å². The summed E-state index contributed by atoms with van der Waals surface area (Å²) in [5, 5.41) is 3.95. The van der Waals surface area contributed by atoms with Crippen LogP contribution in [0, 0.1) is 0 Å². The van der Waals surface area contributed by atoms with Gasteiger partial charge < -0.3 is 21.7 Å². The van der Waals surface area contributed by atoms with Crippen molar-refractivity contribution in [3.05, 3.63) is 157 Å². The van der Waals surface area contributed by atoms with E-state index in [1.807, 2.05) is 42.5 Å². The van der Waals surface area contributed by atoms with E-state index < -0.39 is 7.26 Å². The van der Waals surface area contributed by atoms with Gasteiger partial charge in [0, 0.05) is 11.1 Å². The molecule has 0 aromatic heterocycles. The summed E-state index contributed by atoms with van der Waals surface area (Å²) in [5.74, 6) is 0.731. The quantitative estimate of drug-likeness (QED) is 0.202. The third kappa shape index (κ3) is 5.91. The number of halogens is 1. The van der Waals surface area contributed by atoms with Gasteiger partial charge >= 0.3 is 0 Å². The Kier molecular flexibility index (Phi) is 9.06. The summed E-state index contributed by atoms with van der Waals surface area (Å²) in [6, 6.07) is 49.9. The van der Waals surface area contributed by atoms with Crippen LogP contribution >= 0.6 is 7.26 Å². The highest BCUT2D eigenvalue weighted by Crippen LogP contribution is 2.58. The van der Waals surface area contributed by atoms with Crippen LogP contribution in [0.3, 0.4) is 0 Å². The number of ketones is 1.